The van der Waals surface area contributed by atoms with Crippen molar-refractivity contribution in [2.24, 2.45) is 40.9 Å². The highest BCUT2D eigenvalue weighted by molar-refractivity contribution is 7.95. The van der Waals surface area contributed by atoms with Crippen LogP contribution in [-0.4, -0.2) is 79.8 Å². The van der Waals surface area contributed by atoms with E-state index in [0.717, 1.165) is 30.3 Å². The van der Waals surface area contributed by atoms with Gasteiger partial charge in [-0.1, -0.05) is 21.2 Å². The summed E-state index contributed by atoms with van der Waals surface area (Å²) in [5.74, 6) is -4.27. The van der Waals surface area contributed by atoms with Crippen molar-refractivity contribution in [1.82, 2.24) is 0 Å². The van der Waals surface area contributed by atoms with Crippen LogP contribution >= 0.6 is 36.4 Å². The molecule has 38 heteroatoms. The monoisotopic (exact) mass is 1180 g/mol. The molecular formula is C40H28N10O23S5. The Bertz CT molecular complexity index is 3820. The zero-order valence-electron chi connectivity index (χ0n) is 37.9. The first kappa shape index (κ1) is 57.7. The van der Waals surface area contributed by atoms with Crippen LogP contribution in [0, 0.1) is 20.2 Å². The molecule has 0 saturated heterocycles. The van der Waals surface area contributed by atoms with Gasteiger partial charge in [0.25, 0.3) is 15.8 Å². The Morgan fingerprint density at radius 1 is 0.551 bits per heavy atom. The molecule has 0 aromatic heterocycles. The lowest BCUT2D eigenvalue weighted by atomic mass is 10.1. The molecule has 0 spiro atoms. The van der Waals surface area contributed by atoms with Crippen LogP contribution in [0.15, 0.2) is 158 Å². The Labute approximate surface area is 445 Å². The second kappa shape index (κ2) is 25.4. The first-order chi connectivity index (χ1) is 37.2. The number of hydrogen-bond acceptors (Lipinski definition) is 33. The summed E-state index contributed by atoms with van der Waals surface area (Å²) in [5, 5.41) is 136. The largest absolute Gasteiger partial charge is 0.505 e. The van der Waals surface area contributed by atoms with Crippen molar-refractivity contribution < 1.29 is 99.7 Å². The maximum absolute atomic E-state index is 12.7. The van der Waals surface area contributed by atoms with E-state index in [2.05, 4.69) is 69.0 Å². The minimum Gasteiger partial charge on any atom is -0.505 e. The summed E-state index contributed by atoms with van der Waals surface area (Å²) in [6.45, 7) is -0.313. The lowest BCUT2D eigenvalue weighted by Crippen LogP contribution is -2.10. The molecule has 0 fully saturated rings. The molecule has 8 N–H and O–H groups in total. The number of aromatic hydroxyl groups is 4. The number of benzene rings is 7. The van der Waals surface area contributed by atoms with Gasteiger partial charge in [-0.25, -0.2) is 24.2 Å². The van der Waals surface area contributed by atoms with Crippen LogP contribution in [-0.2, 0) is 52.3 Å². The van der Waals surface area contributed by atoms with Gasteiger partial charge in [-0.05, 0) is 84.2 Å². The van der Waals surface area contributed by atoms with E-state index in [1.807, 2.05) is 0 Å². The molecule has 0 aliphatic heterocycles. The molecule has 0 aliphatic rings. The summed E-state index contributed by atoms with van der Waals surface area (Å²) in [7, 11) is -8.89. The molecule has 0 unspecified atom stereocenters. The van der Waals surface area contributed by atoms with E-state index < -0.39 is 103 Å². The molecule has 406 valence electrons. The van der Waals surface area contributed by atoms with Crippen LogP contribution in [0.5, 0.6) is 23.0 Å². The fourth-order valence-corrected chi connectivity index (χ4v) is 9.42. The smallest absolute Gasteiger partial charge is 0.319 e. The predicted octanol–water partition coefficient (Wildman–Crippen LogP) is 12.2. The molecule has 0 atom stereocenters. The van der Waals surface area contributed by atoms with Gasteiger partial charge in [-0.2, -0.15) is 13.5 Å². The van der Waals surface area contributed by atoms with Crippen LogP contribution in [0.25, 0.3) is 21.5 Å². The van der Waals surface area contributed by atoms with Gasteiger partial charge in [-0.15, -0.1) is 48.8 Å². The molecule has 7 aromatic carbocycles. The van der Waals surface area contributed by atoms with Crippen LogP contribution in [0.1, 0.15) is 0 Å². The Hall–Kier alpha value is -8.03. The second-order valence-electron chi connectivity index (χ2n) is 14.6. The third-order valence-corrected chi connectivity index (χ3v) is 14.1. The normalized spacial score (nSPS) is 12.4. The van der Waals surface area contributed by atoms with Crippen molar-refractivity contribution in [2.45, 2.75) is 19.6 Å². The van der Waals surface area contributed by atoms with Crippen LogP contribution in [0.4, 0.5) is 56.9 Å². The number of hydrogen-bond donors (Lipinski definition) is 8. The number of phenolic OH excluding ortho intramolecular Hbond substituents is 4. The third kappa shape index (κ3) is 13.7. The lowest BCUT2D eigenvalue weighted by molar-refractivity contribution is -0.434. The van der Waals surface area contributed by atoms with Crippen molar-refractivity contribution in [1.29, 1.82) is 0 Å². The van der Waals surface area contributed by atoms with E-state index in [1.54, 1.807) is 6.07 Å². The minimum atomic E-state index is -5.07. The minimum absolute atomic E-state index is 0.0507. The number of nitro groups is 2. The molecule has 0 heterocycles. The van der Waals surface area contributed by atoms with Gasteiger partial charge in [0.2, 0.25) is 5.75 Å². The molecule has 0 aliphatic carbocycles. The molecule has 0 bridgehead atoms. The highest BCUT2D eigenvalue weighted by atomic mass is 32.2. The molecule has 0 amide bonds. The highest BCUT2D eigenvalue weighted by Gasteiger charge is 2.26. The average Bonchev–Trinajstić information content (AvgIpc) is 3.51. The van der Waals surface area contributed by atoms with Crippen LogP contribution in [0.3, 0.4) is 0 Å². The zero-order valence-corrected chi connectivity index (χ0v) is 41.9. The quantitative estimate of drug-likeness (QED) is 0.00530. The van der Waals surface area contributed by atoms with E-state index in [0.29, 0.717) is 34.5 Å². The molecule has 0 radical (unpaired) electrons. The molecule has 7 aromatic rings. The molecule has 0 saturated carbocycles. The van der Waals surface area contributed by atoms with Gasteiger partial charge in [0.15, 0.2) is 39.3 Å². The van der Waals surface area contributed by atoms with Crippen molar-refractivity contribution in [2.75, 3.05) is 12.4 Å². The topological polar surface area (TPSA) is 480 Å². The second-order valence-corrected chi connectivity index (χ2v) is 20.2. The van der Waals surface area contributed by atoms with Gasteiger partial charge < -0.3 is 20.4 Å². The number of non-ortho nitro benzene ring substituents is 1. The number of phenols is 4. The third-order valence-electron chi connectivity index (χ3n) is 10.0. The van der Waals surface area contributed by atoms with E-state index >= 15 is 0 Å². The van der Waals surface area contributed by atoms with Gasteiger partial charge in [0, 0.05) is 21.7 Å². The van der Waals surface area contributed by atoms with Crippen LogP contribution < -0.4 is 0 Å². The van der Waals surface area contributed by atoms with E-state index in [9.17, 15) is 62.0 Å². The SMILES string of the molecule is O=[N+]([O-])c1cc(N=Nc2c(O)ccc(N=Nc3cc(S(=O)(=O)O)cc4cc(SOOO)c(N=Nc5ccc(N=Nc6ccc(S(=O)(=O)CCOSOOO)cc6)c6ccc(SOOO)cc56)c(O)c34)c2O)c(O)c([N+](=O)[O-])c1. The Morgan fingerprint density at radius 2 is 1.18 bits per heavy atom. The van der Waals surface area contributed by atoms with Gasteiger partial charge in [0.1, 0.15) is 22.8 Å². The van der Waals surface area contributed by atoms with Crippen molar-refractivity contribution in [3.8, 4) is 23.0 Å². The fraction of sp³-hybridized carbons (Fsp3) is 0.0500. The van der Waals surface area contributed by atoms with Gasteiger partial charge >= 0.3 is 5.69 Å². The molecule has 78 heavy (non-hydrogen) atoms. The predicted molar refractivity (Wildman–Crippen MR) is 265 cm³/mol. The maximum Gasteiger partial charge on any atom is 0.319 e. The summed E-state index contributed by atoms with van der Waals surface area (Å²) in [6, 6.07) is 18.5. The number of nitro benzene ring substituents is 2. The molecule has 7 rings (SSSR count). The van der Waals surface area contributed by atoms with E-state index in [4.69, 9.17) is 20.0 Å². The maximum atomic E-state index is 12.7. The Morgan fingerprint density at radius 3 is 1.86 bits per heavy atom. The number of fused-ring (bicyclic) bond motifs is 2. The summed E-state index contributed by atoms with van der Waals surface area (Å²) in [5.41, 5.74) is -4.72. The fourth-order valence-electron chi connectivity index (χ4n) is 6.58. The van der Waals surface area contributed by atoms with Gasteiger partial charge in [-0.3, -0.25) is 29.0 Å². The summed E-state index contributed by atoms with van der Waals surface area (Å²) in [4.78, 5) is 19.9. The van der Waals surface area contributed by atoms with Crippen molar-refractivity contribution in [3.05, 3.63) is 117 Å². The number of rotatable bonds is 24. The summed E-state index contributed by atoms with van der Waals surface area (Å²) < 4.78 is 78.6. The lowest BCUT2D eigenvalue weighted by Gasteiger charge is -2.12. The van der Waals surface area contributed by atoms with Crippen molar-refractivity contribution >= 4 is 135 Å². The summed E-state index contributed by atoms with van der Waals surface area (Å²) in [6.07, 6.45) is 0. The molecule has 33 nitrogen and oxygen atoms in total. The zero-order chi connectivity index (χ0) is 56.3. The first-order valence-electron chi connectivity index (χ1n) is 20.4. The number of nitrogens with zero attached hydrogens (tertiary/aromatic N) is 10. The van der Waals surface area contributed by atoms with Gasteiger partial charge in [0.05, 0.1) is 95.2 Å². The Kier molecular flexibility index (Phi) is 18.8. The number of sulfone groups is 1. The van der Waals surface area contributed by atoms with E-state index in [-0.39, 0.29) is 74.0 Å². The summed E-state index contributed by atoms with van der Waals surface area (Å²) >= 11 is 1.02. The highest BCUT2D eigenvalue weighted by Crippen LogP contribution is 2.50. The molecular weight excluding hydrogens is 1150 g/mol. The average molecular weight is 1180 g/mol. The Balaban J connectivity index is 1.28. The number of azo groups is 4. The standard InChI is InChI=1S/C40H28N10O23S5/c51-33-10-9-29(39(53)36(33)47-46-31-15-21(49(55)56)16-32(38(31)52)50(57)58)44-45-30-18-24(78(64,65)66)13-19-14-34(75-72-69-60)37(40(54)35(19)30)48-43-28-8-7-27(25-6-3-22(17-26(25)28)74-71-68-59)42-41-20-1-4-23(5-2-20)77(62,63)12-11-67-76-73-70-61/h1-10,13-18,51-54,59-61H,11-12H2,(H,64,65,66). The van der Waals surface area contributed by atoms with Crippen molar-refractivity contribution in [3.63, 3.8) is 0 Å². The first-order valence-corrected chi connectivity index (χ1v) is 25.6. The van der Waals surface area contributed by atoms with Crippen LogP contribution in [0.2, 0.25) is 0 Å². The van der Waals surface area contributed by atoms with E-state index in [1.165, 1.54) is 48.5 Å².